The van der Waals surface area contributed by atoms with Crippen LogP contribution in [0.3, 0.4) is 0 Å². The molecule has 32 heavy (non-hydrogen) atoms. The summed E-state index contributed by atoms with van der Waals surface area (Å²) in [5, 5.41) is 5.15. The first-order chi connectivity index (χ1) is 15.5. The molecule has 1 aliphatic heterocycles. The summed E-state index contributed by atoms with van der Waals surface area (Å²) in [6.07, 6.45) is 7.26. The summed E-state index contributed by atoms with van der Waals surface area (Å²) >= 11 is -0.143. The van der Waals surface area contributed by atoms with Crippen molar-refractivity contribution >= 4 is 22.4 Å². The van der Waals surface area contributed by atoms with Gasteiger partial charge in [0.05, 0.1) is 0 Å². The maximum atomic E-state index is 5.43. The Kier molecular flexibility index (Phi) is 7.08. The van der Waals surface area contributed by atoms with Gasteiger partial charge in [0.1, 0.15) is 0 Å². The van der Waals surface area contributed by atoms with Gasteiger partial charge in [0, 0.05) is 0 Å². The summed E-state index contributed by atoms with van der Waals surface area (Å²) in [6, 6.07) is 9.09. The average Bonchev–Trinajstić information content (AvgIpc) is 3.14. The van der Waals surface area contributed by atoms with Crippen LogP contribution in [0.5, 0.6) is 5.75 Å². The molecule has 0 radical (unpaired) electrons. The van der Waals surface area contributed by atoms with E-state index in [4.69, 9.17) is 14.8 Å². The van der Waals surface area contributed by atoms with E-state index in [1.54, 1.807) is 7.11 Å². The summed E-state index contributed by atoms with van der Waals surface area (Å²) in [7, 11) is 1.71. The van der Waals surface area contributed by atoms with Crippen molar-refractivity contribution in [3.05, 3.63) is 41.6 Å². The first kappa shape index (κ1) is 23.1. The van der Waals surface area contributed by atoms with E-state index in [2.05, 4.69) is 66.7 Å². The molecule has 0 saturated carbocycles. The van der Waals surface area contributed by atoms with Gasteiger partial charge >= 0.3 is 203 Å². The molecule has 0 atom stereocenters. The topological polar surface area (TPSA) is 43.2 Å². The van der Waals surface area contributed by atoms with Crippen LogP contribution in [0.1, 0.15) is 57.7 Å². The molecule has 0 aliphatic carbocycles. The Bertz CT molecular complexity index is 1140. The number of aromatic nitrogens is 3. The second-order valence-corrected chi connectivity index (χ2v) is 11.2. The third-order valence-corrected chi connectivity index (χ3v) is 9.00. The molecule has 0 fully saturated rings. The number of halogens is 1. The number of hydrogen-bond acceptors (Lipinski definition) is 4. The Hall–Kier alpha value is -2.09. The van der Waals surface area contributed by atoms with E-state index in [-0.39, 0.29) is 21.5 Å². The van der Waals surface area contributed by atoms with Gasteiger partial charge in [-0.2, -0.15) is 0 Å². The summed E-state index contributed by atoms with van der Waals surface area (Å²) < 4.78 is 11.4. The number of aryl methyl sites for hydroxylation is 2. The number of anilines is 1. The van der Waals surface area contributed by atoms with Gasteiger partial charge in [-0.15, -0.1) is 0 Å². The SMILES string of the molecule is CCCC(CCC)N1[I-]CC=C(C)n2nc(-c3ccc(OC)cc3C)c3nc(C)cc1c32. The molecule has 0 amide bonds. The molecule has 1 aliphatic rings. The van der Waals surface area contributed by atoms with E-state index in [1.807, 2.05) is 6.07 Å². The zero-order valence-electron chi connectivity index (χ0n) is 20.1. The van der Waals surface area contributed by atoms with Gasteiger partial charge in [-0.1, -0.05) is 0 Å². The second-order valence-electron chi connectivity index (χ2n) is 8.58. The Labute approximate surface area is 202 Å². The van der Waals surface area contributed by atoms with Gasteiger partial charge in [0.25, 0.3) is 0 Å². The van der Waals surface area contributed by atoms with E-state index in [9.17, 15) is 0 Å². The second kappa shape index (κ2) is 9.81. The molecule has 3 aromatic rings. The molecular formula is C26H34IN4O-. The van der Waals surface area contributed by atoms with Crippen molar-refractivity contribution < 1.29 is 26.2 Å². The molecule has 3 heterocycles. The number of rotatable bonds is 7. The normalized spacial score (nSPS) is 14.2. The molecule has 0 bridgehead atoms. The molecular weight excluding hydrogens is 511 g/mol. The van der Waals surface area contributed by atoms with Crippen molar-refractivity contribution in [2.24, 2.45) is 0 Å². The van der Waals surface area contributed by atoms with E-state index in [0.29, 0.717) is 6.04 Å². The van der Waals surface area contributed by atoms with Gasteiger partial charge in [0.15, 0.2) is 0 Å². The predicted octanol–water partition coefficient (Wildman–Crippen LogP) is 3.38. The fraction of sp³-hybridized carbons (Fsp3) is 0.462. The van der Waals surface area contributed by atoms with E-state index < -0.39 is 0 Å². The van der Waals surface area contributed by atoms with Crippen LogP contribution >= 0.6 is 0 Å². The molecule has 0 unspecified atom stereocenters. The molecule has 1 aromatic carbocycles. The molecule has 4 rings (SSSR count). The first-order valence-corrected chi connectivity index (χ1v) is 14.1. The van der Waals surface area contributed by atoms with E-state index in [0.717, 1.165) is 43.7 Å². The van der Waals surface area contributed by atoms with Crippen molar-refractivity contribution in [1.82, 2.24) is 14.8 Å². The zero-order chi connectivity index (χ0) is 22.8. The van der Waals surface area contributed by atoms with Crippen molar-refractivity contribution in [1.29, 1.82) is 0 Å². The Balaban J connectivity index is 1.99. The van der Waals surface area contributed by atoms with Crippen molar-refractivity contribution in [3.8, 4) is 17.0 Å². The summed E-state index contributed by atoms with van der Waals surface area (Å²) in [6.45, 7) is 11.0. The van der Waals surface area contributed by atoms with Crippen LogP contribution in [0.4, 0.5) is 5.69 Å². The fourth-order valence-corrected chi connectivity index (χ4v) is 7.66. The third-order valence-electron chi connectivity index (χ3n) is 6.12. The van der Waals surface area contributed by atoms with Crippen molar-refractivity contribution in [2.75, 3.05) is 14.7 Å². The summed E-state index contributed by atoms with van der Waals surface area (Å²) in [4.78, 5) is 5.04. The number of allylic oxidation sites excluding steroid dienone is 2. The van der Waals surface area contributed by atoms with E-state index in [1.165, 1.54) is 37.1 Å². The number of ether oxygens (including phenoxy) is 1. The van der Waals surface area contributed by atoms with Gasteiger partial charge in [-0.25, -0.2) is 0 Å². The fourth-order valence-electron chi connectivity index (χ4n) is 4.55. The molecule has 6 heteroatoms. The molecule has 5 nitrogen and oxygen atoms in total. The summed E-state index contributed by atoms with van der Waals surface area (Å²) in [5.74, 6) is 0.867. The monoisotopic (exact) mass is 545 g/mol. The average molecular weight is 545 g/mol. The van der Waals surface area contributed by atoms with Crippen LogP contribution in [0.2, 0.25) is 0 Å². The van der Waals surface area contributed by atoms with Gasteiger partial charge in [-0.05, 0) is 0 Å². The van der Waals surface area contributed by atoms with Crippen LogP contribution < -0.4 is 29.3 Å². The number of hydrogen-bond donors (Lipinski definition) is 0. The van der Waals surface area contributed by atoms with Gasteiger partial charge < -0.3 is 0 Å². The number of nitrogens with zero attached hydrogens (tertiary/aromatic N) is 4. The predicted molar refractivity (Wildman–Crippen MR) is 130 cm³/mol. The van der Waals surface area contributed by atoms with Crippen molar-refractivity contribution in [2.45, 2.75) is 66.3 Å². The van der Waals surface area contributed by atoms with Crippen LogP contribution in [0.25, 0.3) is 28.0 Å². The number of pyridine rings is 1. The van der Waals surface area contributed by atoms with Gasteiger partial charge in [-0.3, -0.25) is 0 Å². The van der Waals surface area contributed by atoms with Crippen LogP contribution in [0, 0.1) is 13.8 Å². The minimum absolute atomic E-state index is 0.143. The Morgan fingerprint density at radius 3 is 2.50 bits per heavy atom. The Morgan fingerprint density at radius 1 is 1.09 bits per heavy atom. The molecule has 2 aromatic heterocycles. The molecule has 0 N–H and O–H groups in total. The standard InChI is InChI=1S/C26H34IN4O/c1-7-9-20(10-8-2)30-23-16-18(4)28-25-24(22-12-11-21(32-6)15-17(22)3)29-31(26(23)25)19(5)13-14-27-30/h11-13,15-16,20H,7-10,14H2,1-6H3/q-1. The molecule has 0 spiro atoms. The zero-order valence-corrected chi connectivity index (χ0v) is 22.2. The number of alkyl halides is 1. The minimum atomic E-state index is -0.143. The summed E-state index contributed by atoms with van der Waals surface area (Å²) in [5.41, 5.74) is 8.96. The molecule has 0 saturated heterocycles. The third kappa shape index (κ3) is 4.26. The van der Waals surface area contributed by atoms with Crippen molar-refractivity contribution in [3.63, 3.8) is 0 Å². The van der Waals surface area contributed by atoms with Crippen LogP contribution in [-0.4, -0.2) is 32.3 Å². The quantitative estimate of drug-likeness (QED) is 0.260. The number of benzene rings is 1. The first-order valence-electron chi connectivity index (χ1n) is 11.6. The van der Waals surface area contributed by atoms with Gasteiger partial charge in [0.2, 0.25) is 0 Å². The molecule has 172 valence electrons. The van der Waals surface area contributed by atoms with E-state index >= 15 is 0 Å². The van der Waals surface area contributed by atoms with Crippen LogP contribution in [0.15, 0.2) is 30.3 Å². The number of methoxy groups -OCH3 is 1. The maximum absolute atomic E-state index is 5.43. The Morgan fingerprint density at radius 2 is 1.84 bits per heavy atom. The van der Waals surface area contributed by atoms with Crippen LogP contribution in [-0.2, 0) is 0 Å².